The van der Waals surface area contributed by atoms with Gasteiger partial charge in [-0.2, -0.15) is 0 Å². The van der Waals surface area contributed by atoms with Gasteiger partial charge >= 0.3 is 0 Å². The van der Waals surface area contributed by atoms with Crippen LogP contribution in [0.15, 0.2) is 42.5 Å². The van der Waals surface area contributed by atoms with Crippen LogP contribution in [0, 0.1) is 11.6 Å². The number of carbonyl (C=O) groups is 1. The summed E-state index contributed by atoms with van der Waals surface area (Å²) in [6.07, 6.45) is 0. The van der Waals surface area contributed by atoms with Crippen LogP contribution in [0.1, 0.15) is 22.0 Å². The number of morpholine rings is 1. The van der Waals surface area contributed by atoms with Crippen molar-refractivity contribution in [2.75, 3.05) is 32.8 Å². The first kappa shape index (κ1) is 18.8. The Morgan fingerprint density at radius 2 is 1.77 bits per heavy atom. The van der Waals surface area contributed by atoms with Gasteiger partial charge in [0.2, 0.25) is 0 Å². The van der Waals surface area contributed by atoms with Crippen molar-refractivity contribution in [3.63, 3.8) is 0 Å². The van der Waals surface area contributed by atoms with E-state index in [1.165, 1.54) is 24.3 Å². The maximum Gasteiger partial charge on any atom is 0.252 e. The molecule has 3 rings (SSSR count). The molecular formula is C19H19ClF2N2O2. The lowest BCUT2D eigenvalue weighted by atomic mass is 10.0. The topological polar surface area (TPSA) is 41.6 Å². The van der Waals surface area contributed by atoms with Gasteiger partial charge in [0.15, 0.2) is 0 Å². The van der Waals surface area contributed by atoms with Crippen LogP contribution in [0.5, 0.6) is 0 Å². The predicted octanol–water partition coefficient (Wildman–Crippen LogP) is 3.42. The van der Waals surface area contributed by atoms with Crippen LogP contribution in [0.25, 0.3) is 0 Å². The maximum atomic E-state index is 13.3. The number of hydrogen-bond acceptors (Lipinski definition) is 3. The van der Waals surface area contributed by atoms with Gasteiger partial charge in [0.05, 0.1) is 29.8 Å². The molecule has 0 aromatic heterocycles. The van der Waals surface area contributed by atoms with Gasteiger partial charge in [-0.15, -0.1) is 0 Å². The van der Waals surface area contributed by atoms with Crippen molar-refractivity contribution in [3.05, 3.63) is 70.2 Å². The maximum absolute atomic E-state index is 13.3. The summed E-state index contributed by atoms with van der Waals surface area (Å²) in [6.45, 7) is 2.97. The number of benzene rings is 2. The molecule has 0 bridgehead atoms. The first-order valence-electron chi connectivity index (χ1n) is 8.35. The molecule has 4 nitrogen and oxygen atoms in total. The number of ether oxygens (including phenoxy) is 1. The number of amides is 1. The quantitative estimate of drug-likeness (QED) is 0.864. The fraction of sp³-hybridized carbons (Fsp3) is 0.316. The summed E-state index contributed by atoms with van der Waals surface area (Å²) in [5.41, 5.74) is 1.12. The second kappa shape index (κ2) is 8.58. The van der Waals surface area contributed by atoms with E-state index in [2.05, 4.69) is 10.2 Å². The monoisotopic (exact) mass is 380 g/mol. The van der Waals surface area contributed by atoms with E-state index in [4.69, 9.17) is 16.3 Å². The summed E-state index contributed by atoms with van der Waals surface area (Å²) >= 11 is 5.95. The first-order chi connectivity index (χ1) is 12.5. The van der Waals surface area contributed by atoms with Gasteiger partial charge in [-0.3, -0.25) is 9.69 Å². The van der Waals surface area contributed by atoms with E-state index in [0.717, 1.165) is 24.7 Å². The van der Waals surface area contributed by atoms with Crippen LogP contribution in [0.3, 0.4) is 0 Å². The lowest BCUT2D eigenvalue weighted by Gasteiger charge is -2.35. The van der Waals surface area contributed by atoms with Gasteiger partial charge in [-0.1, -0.05) is 23.7 Å². The Balaban J connectivity index is 1.74. The Morgan fingerprint density at radius 1 is 1.12 bits per heavy atom. The smallest absolute Gasteiger partial charge is 0.252 e. The molecule has 0 aliphatic carbocycles. The van der Waals surface area contributed by atoms with Crippen LogP contribution in [0.4, 0.5) is 8.78 Å². The molecule has 1 aliphatic heterocycles. The number of carbonyl (C=O) groups excluding carboxylic acids is 1. The number of hydrogen-bond donors (Lipinski definition) is 1. The molecular weight excluding hydrogens is 362 g/mol. The first-order valence-corrected chi connectivity index (χ1v) is 8.73. The van der Waals surface area contributed by atoms with Gasteiger partial charge in [-0.25, -0.2) is 8.78 Å². The Labute approximate surface area is 155 Å². The van der Waals surface area contributed by atoms with Crippen molar-refractivity contribution in [1.82, 2.24) is 10.2 Å². The van der Waals surface area contributed by atoms with Crippen LogP contribution in [-0.2, 0) is 4.74 Å². The molecule has 138 valence electrons. The molecule has 1 unspecified atom stereocenters. The Kier molecular flexibility index (Phi) is 6.19. The fourth-order valence-corrected chi connectivity index (χ4v) is 3.24. The minimum atomic E-state index is -0.496. The Bertz CT molecular complexity index is 765. The molecule has 1 N–H and O–H groups in total. The molecule has 0 radical (unpaired) electrons. The number of rotatable bonds is 5. The highest BCUT2D eigenvalue weighted by molar-refractivity contribution is 6.33. The second-order valence-corrected chi connectivity index (χ2v) is 6.46. The summed E-state index contributed by atoms with van der Waals surface area (Å²) in [7, 11) is 0. The van der Waals surface area contributed by atoms with E-state index in [1.807, 2.05) is 0 Å². The molecule has 1 aliphatic rings. The highest BCUT2D eigenvalue weighted by atomic mass is 35.5. The molecule has 26 heavy (non-hydrogen) atoms. The zero-order valence-corrected chi connectivity index (χ0v) is 14.8. The van der Waals surface area contributed by atoms with Crippen molar-refractivity contribution in [2.24, 2.45) is 0 Å². The molecule has 0 spiro atoms. The van der Waals surface area contributed by atoms with Gasteiger partial charge in [0, 0.05) is 19.6 Å². The lowest BCUT2D eigenvalue weighted by Crippen LogP contribution is -2.43. The van der Waals surface area contributed by atoms with Crippen LogP contribution < -0.4 is 5.32 Å². The zero-order chi connectivity index (χ0) is 18.5. The van der Waals surface area contributed by atoms with Crippen LogP contribution in [-0.4, -0.2) is 43.7 Å². The molecule has 1 atom stereocenters. The van der Waals surface area contributed by atoms with E-state index in [9.17, 15) is 13.6 Å². The van der Waals surface area contributed by atoms with E-state index >= 15 is 0 Å². The third-order valence-electron chi connectivity index (χ3n) is 4.37. The average molecular weight is 381 g/mol. The van der Waals surface area contributed by atoms with Crippen molar-refractivity contribution < 1.29 is 18.3 Å². The Morgan fingerprint density at radius 3 is 2.42 bits per heavy atom. The highest BCUT2D eigenvalue weighted by Gasteiger charge is 2.24. The lowest BCUT2D eigenvalue weighted by molar-refractivity contribution is 0.0162. The summed E-state index contributed by atoms with van der Waals surface area (Å²) in [4.78, 5) is 14.6. The average Bonchev–Trinajstić information content (AvgIpc) is 2.64. The van der Waals surface area contributed by atoms with Crippen LogP contribution in [0.2, 0.25) is 5.02 Å². The third kappa shape index (κ3) is 4.58. The second-order valence-electron chi connectivity index (χ2n) is 6.05. The van der Waals surface area contributed by atoms with Crippen molar-refractivity contribution >= 4 is 17.5 Å². The highest BCUT2D eigenvalue weighted by Crippen LogP contribution is 2.22. The molecule has 2 aromatic rings. The van der Waals surface area contributed by atoms with Crippen LogP contribution >= 0.6 is 11.6 Å². The predicted molar refractivity (Wildman–Crippen MR) is 95.3 cm³/mol. The summed E-state index contributed by atoms with van der Waals surface area (Å²) < 4.78 is 31.8. The van der Waals surface area contributed by atoms with Crippen molar-refractivity contribution in [3.8, 4) is 0 Å². The van der Waals surface area contributed by atoms with Crippen molar-refractivity contribution in [2.45, 2.75) is 6.04 Å². The van der Waals surface area contributed by atoms with Crippen molar-refractivity contribution in [1.29, 1.82) is 0 Å². The molecule has 1 heterocycles. The summed E-state index contributed by atoms with van der Waals surface area (Å²) in [6, 6.07) is 9.77. The Hall–Kier alpha value is -2.02. The third-order valence-corrected chi connectivity index (χ3v) is 4.69. The van der Waals surface area contributed by atoms with E-state index in [0.29, 0.717) is 19.8 Å². The van der Waals surface area contributed by atoms with E-state index < -0.39 is 5.82 Å². The standard InChI is InChI=1S/C19H19ClF2N2O2/c20-17-11-15(22)5-6-16(17)19(25)23-12-18(24-7-9-26-10-8-24)13-1-3-14(21)4-2-13/h1-6,11,18H,7-10,12H2,(H,23,25). The minimum Gasteiger partial charge on any atom is -0.379 e. The zero-order valence-electron chi connectivity index (χ0n) is 14.1. The largest absolute Gasteiger partial charge is 0.379 e. The van der Waals surface area contributed by atoms with Gasteiger partial charge in [-0.05, 0) is 35.9 Å². The van der Waals surface area contributed by atoms with E-state index in [1.54, 1.807) is 12.1 Å². The molecule has 1 amide bonds. The summed E-state index contributed by atoms with van der Waals surface area (Å²) in [5, 5.41) is 2.91. The SMILES string of the molecule is O=C(NCC(c1ccc(F)cc1)N1CCOCC1)c1ccc(F)cc1Cl. The normalized spacial score (nSPS) is 16.3. The molecule has 0 saturated carbocycles. The molecule has 1 fully saturated rings. The fourth-order valence-electron chi connectivity index (χ4n) is 2.99. The van der Waals surface area contributed by atoms with E-state index in [-0.39, 0.29) is 28.4 Å². The number of halogens is 3. The minimum absolute atomic E-state index is 0.0622. The van der Waals surface area contributed by atoms with Gasteiger partial charge in [0.25, 0.3) is 5.91 Å². The summed E-state index contributed by atoms with van der Waals surface area (Å²) in [5.74, 6) is -1.18. The van der Waals surface area contributed by atoms with Gasteiger partial charge < -0.3 is 10.1 Å². The molecule has 2 aromatic carbocycles. The molecule has 7 heteroatoms. The molecule has 1 saturated heterocycles. The number of nitrogens with zero attached hydrogens (tertiary/aromatic N) is 1. The van der Waals surface area contributed by atoms with Gasteiger partial charge in [0.1, 0.15) is 11.6 Å². The number of nitrogens with one attached hydrogen (secondary N) is 1.